The number of aromatic nitrogens is 4. The molecule has 0 unspecified atom stereocenters. The summed E-state index contributed by atoms with van der Waals surface area (Å²) in [5.41, 5.74) is 4.93. The zero-order valence-electron chi connectivity index (χ0n) is 18.6. The Morgan fingerprint density at radius 3 is 2.40 bits per heavy atom. The molecule has 1 atom stereocenters. The summed E-state index contributed by atoms with van der Waals surface area (Å²) in [7, 11) is 0. The van der Waals surface area contributed by atoms with Crippen molar-refractivity contribution < 1.29 is 4.79 Å². The Balaban J connectivity index is 1.37. The van der Waals surface area contributed by atoms with Crippen LogP contribution in [0.2, 0.25) is 5.02 Å². The smallest absolute Gasteiger partial charge is 0.230 e. The van der Waals surface area contributed by atoms with Gasteiger partial charge in [0.25, 0.3) is 0 Å². The van der Waals surface area contributed by atoms with Crippen molar-refractivity contribution in [3.8, 4) is 11.3 Å². The van der Waals surface area contributed by atoms with Gasteiger partial charge in [-0.1, -0.05) is 72.3 Å². The fourth-order valence-electron chi connectivity index (χ4n) is 4.54. The molecule has 2 heterocycles. The van der Waals surface area contributed by atoms with E-state index in [4.69, 9.17) is 16.6 Å². The molecular weight excluding hydrogens is 458 g/mol. The van der Waals surface area contributed by atoms with E-state index in [-0.39, 0.29) is 11.7 Å². The Morgan fingerprint density at radius 1 is 0.829 bits per heavy atom. The summed E-state index contributed by atoms with van der Waals surface area (Å²) in [6.07, 6.45) is 2.74. The minimum absolute atomic E-state index is 0.0665. The third-order valence-corrected chi connectivity index (χ3v) is 6.47. The average molecular weight is 478 g/mol. The largest absolute Gasteiger partial charge is 0.294 e. The van der Waals surface area contributed by atoms with Crippen LogP contribution >= 0.6 is 11.6 Å². The highest BCUT2D eigenvalue weighted by atomic mass is 35.5. The van der Waals surface area contributed by atoms with E-state index in [1.807, 2.05) is 60.7 Å². The van der Waals surface area contributed by atoms with E-state index >= 15 is 0 Å². The molecular formula is C28H20ClN5O. The number of anilines is 2. The molecule has 5 aromatic rings. The summed E-state index contributed by atoms with van der Waals surface area (Å²) in [6, 6.07) is 25.5. The lowest BCUT2D eigenvalue weighted by Crippen LogP contribution is -2.21. The van der Waals surface area contributed by atoms with E-state index in [0.717, 1.165) is 33.4 Å². The Bertz CT molecular complexity index is 1560. The van der Waals surface area contributed by atoms with Crippen LogP contribution in [0.15, 0.2) is 85.1 Å². The van der Waals surface area contributed by atoms with Crippen LogP contribution in [-0.2, 0) is 6.42 Å². The zero-order chi connectivity index (χ0) is 23.8. The van der Waals surface area contributed by atoms with Crippen molar-refractivity contribution in [2.45, 2.75) is 18.8 Å². The molecule has 1 aliphatic rings. The van der Waals surface area contributed by atoms with Crippen LogP contribution in [0.3, 0.4) is 0 Å². The average Bonchev–Trinajstić information content (AvgIpc) is 2.89. The summed E-state index contributed by atoms with van der Waals surface area (Å²) in [6.45, 7) is 0. The Labute approximate surface area is 207 Å². The van der Waals surface area contributed by atoms with Gasteiger partial charge in [0.1, 0.15) is 0 Å². The van der Waals surface area contributed by atoms with Gasteiger partial charge in [-0.05, 0) is 36.1 Å². The first kappa shape index (κ1) is 21.4. The number of carbonyl (C=O) groups excluding carboxylic acids is 1. The van der Waals surface area contributed by atoms with Crippen molar-refractivity contribution in [2.24, 2.45) is 0 Å². The first-order valence-corrected chi connectivity index (χ1v) is 11.8. The molecule has 0 radical (unpaired) electrons. The number of Topliss-reactive ketones (excluding diaryl/α,β-unsaturated/α-hetero) is 1. The molecule has 7 heteroatoms. The van der Waals surface area contributed by atoms with Crippen LogP contribution in [0.5, 0.6) is 0 Å². The molecule has 0 saturated carbocycles. The molecule has 3 aromatic carbocycles. The number of ketones is 1. The molecule has 170 valence electrons. The number of nitrogens with zero attached hydrogens (tertiary/aromatic N) is 4. The lowest BCUT2D eigenvalue weighted by Gasteiger charge is -2.23. The number of rotatable bonds is 4. The fraction of sp³-hybridized carbons (Fsp3) is 0.107. The van der Waals surface area contributed by atoms with Gasteiger partial charge < -0.3 is 0 Å². The highest BCUT2D eigenvalue weighted by Gasteiger charge is 2.28. The molecule has 6 rings (SSSR count). The molecule has 0 fully saturated rings. The van der Waals surface area contributed by atoms with Crippen LogP contribution in [0.1, 0.15) is 34.0 Å². The van der Waals surface area contributed by atoms with E-state index in [9.17, 15) is 4.79 Å². The number of hydrogen-bond acceptors (Lipinski definition) is 6. The van der Waals surface area contributed by atoms with Crippen LogP contribution in [0, 0.1) is 0 Å². The molecule has 0 aliphatic heterocycles. The Kier molecular flexibility index (Phi) is 5.43. The summed E-state index contributed by atoms with van der Waals surface area (Å²) in [5, 5.41) is 4.63. The number of hydrogen-bond donors (Lipinski definition) is 1. The maximum absolute atomic E-state index is 12.8. The number of fused-ring (bicyclic) bond motifs is 2. The van der Waals surface area contributed by atoms with Gasteiger partial charge in [-0.15, -0.1) is 0 Å². The van der Waals surface area contributed by atoms with Crippen LogP contribution < -0.4 is 5.32 Å². The van der Waals surface area contributed by atoms with Crippen LogP contribution in [-0.4, -0.2) is 25.7 Å². The maximum Gasteiger partial charge on any atom is 0.230 e. The van der Waals surface area contributed by atoms with E-state index in [1.54, 1.807) is 12.3 Å². The molecule has 1 aliphatic carbocycles. The second-order valence-corrected chi connectivity index (χ2v) is 8.98. The molecule has 0 amide bonds. The van der Waals surface area contributed by atoms with Crippen molar-refractivity contribution >= 4 is 40.2 Å². The fourth-order valence-corrected chi connectivity index (χ4v) is 4.71. The van der Waals surface area contributed by atoms with Gasteiger partial charge in [0.2, 0.25) is 11.9 Å². The van der Waals surface area contributed by atoms with Crippen molar-refractivity contribution in [2.75, 3.05) is 5.32 Å². The second-order valence-electron chi connectivity index (χ2n) is 8.54. The minimum atomic E-state index is 0.0665. The molecule has 0 saturated heterocycles. The van der Waals surface area contributed by atoms with Gasteiger partial charge >= 0.3 is 0 Å². The Hall–Kier alpha value is -4.16. The van der Waals surface area contributed by atoms with E-state index in [0.29, 0.717) is 35.3 Å². The van der Waals surface area contributed by atoms with Crippen molar-refractivity contribution in [1.29, 1.82) is 0 Å². The maximum atomic E-state index is 12.8. The summed E-state index contributed by atoms with van der Waals surface area (Å²) in [4.78, 5) is 31.3. The minimum Gasteiger partial charge on any atom is -0.294 e. The van der Waals surface area contributed by atoms with E-state index in [2.05, 4.69) is 32.4 Å². The highest BCUT2D eigenvalue weighted by molar-refractivity contribution is 6.31. The van der Waals surface area contributed by atoms with Gasteiger partial charge in [0, 0.05) is 28.6 Å². The summed E-state index contributed by atoms with van der Waals surface area (Å²) >= 11 is 6.26. The van der Waals surface area contributed by atoms with Gasteiger partial charge in [-0.3, -0.25) is 10.1 Å². The second kappa shape index (κ2) is 8.89. The SMILES string of the molecule is O=C1C[C@@H](c2ccccc2)Cc2nc(Nc3nc(-c4ccccc4)c4cc(Cl)ccc4n3)ncc21. The van der Waals surface area contributed by atoms with Crippen molar-refractivity contribution in [3.05, 3.63) is 107 Å². The van der Waals surface area contributed by atoms with E-state index < -0.39 is 0 Å². The summed E-state index contributed by atoms with van der Waals surface area (Å²) in [5.74, 6) is 0.903. The first-order valence-electron chi connectivity index (χ1n) is 11.4. The molecule has 6 nitrogen and oxygen atoms in total. The predicted octanol–water partition coefficient (Wildman–Crippen LogP) is 6.40. The number of halogens is 1. The number of carbonyl (C=O) groups is 1. The zero-order valence-corrected chi connectivity index (χ0v) is 19.4. The first-order chi connectivity index (χ1) is 17.1. The molecule has 0 spiro atoms. The monoisotopic (exact) mass is 477 g/mol. The lowest BCUT2D eigenvalue weighted by atomic mass is 9.82. The van der Waals surface area contributed by atoms with Gasteiger partial charge in [-0.25, -0.2) is 19.9 Å². The predicted molar refractivity (Wildman–Crippen MR) is 137 cm³/mol. The molecule has 1 N–H and O–H groups in total. The third kappa shape index (κ3) is 4.24. The molecule has 35 heavy (non-hydrogen) atoms. The summed E-state index contributed by atoms with van der Waals surface area (Å²) < 4.78 is 0. The van der Waals surface area contributed by atoms with Crippen molar-refractivity contribution in [1.82, 2.24) is 19.9 Å². The quantitative estimate of drug-likeness (QED) is 0.322. The standard InChI is InChI=1S/C28H20ClN5O/c29-20-11-12-23-21(15-20)26(18-9-5-2-6-10-18)33-28(31-23)34-27-30-16-22-24(32-27)13-19(14-25(22)35)17-7-3-1-4-8-17/h1-12,15-16,19H,13-14H2,(H,30,31,32,33,34)/t19-/m0/s1. The highest BCUT2D eigenvalue weighted by Crippen LogP contribution is 2.33. The number of nitrogens with one attached hydrogen (secondary N) is 1. The molecule has 2 aromatic heterocycles. The van der Waals surface area contributed by atoms with Crippen molar-refractivity contribution in [3.63, 3.8) is 0 Å². The Morgan fingerprint density at radius 2 is 1.60 bits per heavy atom. The topological polar surface area (TPSA) is 80.7 Å². The van der Waals surface area contributed by atoms with E-state index in [1.165, 1.54) is 0 Å². The number of benzene rings is 3. The normalized spacial score (nSPS) is 15.1. The molecule has 0 bridgehead atoms. The lowest BCUT2D eigenvalue weighted by molar-refractivity contribution is 0.0962. The third-order valence-electron chi connectivity index (χ3n) is 6.24. The van der Waals surface area contributed by atoms with Gasteiger partial charge in [-0.2, -0.15) is 0 Å². The van der Waals surface area contributed by atoms with Crippen LogP contribution in [0.4, 0.5) is 11.9 Å². The van der Waals surface area contributed by atoms with Gasteiger partial charge in [0.15, 0.2) is 5.78 Å². The van der Waals surface area contributed by atoms with Crippen LogP contribution in [0.25, 0.3) is 22.2 Å². The van der Waals surface area contributed by atoms with Gasteiger partial charge in [0.05, 0.1) is 22.5 Å².